The number of hydrogen-bond donors (Lipinski definition) is 0. The van der Waals surface area contributed by atoms with Crippen molar-refractivity contribution in [3.05, 3.63) is 39.7 Å². The lowest BCUT2D eigenvalue weighted by Crippen LogP contribution is -2.03. The number of ether oxygens (including phenoxy) is 1. The van der Waals surface area contributed by atoms with E-state index in [1.54, 1.807) is 24.3 Å². The first kappa shape index (κ1) is 15.1. The second kappa shape index (κ2) is 5.63. The van der Waals surface area contributed by atoms with Crippen LogP contribution in [0.1, 0.15) is 9.67 Å². The Labute approximate surface area is 127 Å². The summed E-state index contributed by atoms with van der Waals surface area (Å²) in [4.78, 5) is 11.1. The van der Waals surface area contributed by atoms with Crippen LogP contribution in [0.2, 0.25) is 0 Å². The molecule has 4 nitrogen and oxygen atoms in total. The molecular formula is C12H8BrFO4S2. The van der Waals surface area contributed by atoms with E-state index < -0.39 is 21.1 Å². The maximum absolute atomic E-state index is 13.3. The van der Waals surface area contributed by atoms with Gasteiger partial charge in [0.05, 0.1) is 7.11 Å². The van der Waals surface area contributed by atoms with E-state index in [9.17, 15) is 17.1 Å². The van der Waals surface area contributed by atoms with Crippen molar-refractivity contribution in [2.24, 2.45) is 0 Å². The molecule has 1 heterocycles. The van der Waals surface area contributed by atoms with E-state index in [-0.39, 0.29) is 4.88 Å². The van der Waals surface area contributed by atoms with Crippen LogP contribution < -0.4 is 0 Å². The van der Waals surface area contributed by atoms with E-state index in [0.717, 1.165) is 24.5 Å². The van der Waals surface area contributed by atoms with Crippen molar-refractivity contribution in [3.8, 4) is 10.4 Å². The second-order valence-electron chi connectivity index (χ2n) is 3.71. The molecule has 106 valence electrons. The Kier molecular flexibility index (Phi) is 4.26. The maximum Gasteiger partial charge on any atom is 0.349 e. The fraction of sp³-hybridized carbons (Fsp3) is 0.0833. The molecule has 0 unspecified atom stereocenters. The minimum absolute atomic E-state index is 0.277. The van der Waals surface area contributed by atoms with Gasteiger partial charge in [0.25, 0.3) is 0 Å². The summed E-state index contributed by atoms with van der Waals surface area (Å²) in [6.07, 6.45) is 0. The van der Waals surface area contributed by atoms with Crippen LogP contribution in [0.25, 0.3) is 10.4 Å². The molecule has 0 N–H and O–H groups in total. The Hall–Kier alpha value is -1.25. The summed E-state index contributed by atoms with van der Waals surface area (Å²) in [7, 11) is -3.89. The molecular weight excluding hydrogens is 371 g/mol. The molecule has 2 rings (SSSR count). The SMILES string of the molecule is COC(=O)c1sc(-c2ccccc2Br)cc1S(=O)(=O)F. The number of benzene rings is 1. The first-order chi connectivity index (χ1) is 9.34. The third kappa shape index (κ3) is 2.92. The van der Waals surface area contributed by atoms with Gasteiger partial charge in [0, 0.05) is 14.9 Å². The highest BCUT2D eigenvalue weighted by molar-refractivity contribution is 9.10. The van der Waals surface area contributed by atoms with Crippen LogP contribution in [0, 0.1) is 0 Å². The maximum atomic E-state index is 13.3. The quantitative estimate of drug-likeness (QED) is 0.604. The van der Waals surface area contributed by atoms with Gasteiger partial charge in [-0.1, -0.05) is 34.1 Å². The van der Waals surface area contributed by atoms with Gasteiger partial charge in [-0.3, -0.25) is 0 Å². The van der Waals surface area contributed by atoms with Crippen molar-refractivity contribution in [1.82, 2.24) is 0 Å². The first-order valence-corrected chi connectivity index (χ1v) is 8.25. The Bertz CT molecular complexity index is 768. The Morgan fingerprint density at radius 1 is 1.35 bits per heavy atom. The largest absolute Gasteiger partial charge is 0.465 e. The van der Waals surface area contributed by atoms with Gasteiger partial charge in [0.1, 0.15) is 9.77 Å². The fourth-order valence-corrected chi connectivity index (χ4v) is 4.29. The zero-order chi connectivity index (χ0) is 14.9. The molecule has 0 amide bonds. The molecule has 0 aliphatic heterocycles. The second-order valence-corrected chi connectivity index (χ2v) is 6.94. The Morgan fingerprint density at radius 2 is 2.00 bits per heavy atom. The van der Waals surface area contributed by atoms with Crippen molar-refractivity contribution >= 4 is 43.5 Å². The average molecular weight is 379 g/mol. The molecule has 2 aromatic rings. The Morgan fingerprint density at radius 3 is 2.55 bits per heavy atom. The topological polar surface area (TPSA) is 60.4 Å². The molecule has 0 atom stereocenters. The lowest BCUT2D eigenvalue weighted by Gasteiger charge is -1.99. The van der Waals surface area contributed by atoms with E-state index in [0.29, 0.717) is 14.9 Å². The van der Waals surface area contributed by atoms with Crippen LogP contribution in [0.4, 0.5) is 3.89 Å². The number of thiophene rings is 1. The van der Waals surface area contributed by atoms with E-state index >= 15 is 0 Å². The number of methoxy groups -OCH3 is 1. The normalized spacial score (nSPS) is 11.3. The zero-order valence-corrected chi connectivity index (χ0v) is 13.3. The summed E-state index contributed by atoms with van der Waals surface area (Å²) in [6, 6.07) is 8.16. The van der Waals surface area contributed by atoms with Crippen LogP contribution in [0.5, 0.6) is 0 Å². The first-order valence-electron chi connectivity index (χ1n) is 5.26. The van der Waals surface area contributed by atoms with Gasteiger partial charge in [0.2, 0.25) is 0 Å². The van der Waals surface area contributed by atoms with Gasteiger partial charge in [-0.05, 0) is 12.1 Å². The van der Waals surface area contributed by atoms with E-state index in [1.807, 2.05) is 0 Å². The predicted octanol–water partition coefficient (Wildman–Crippen LogP) is 3.62. The summed E-state index contributed by atoms with van der Waals surface area (Å²) < 4.78 is 40.7. The van der Waals surface area contributed by atoms with Crippen molar-refractivity contribution in [2.75, 3.05) is 7.11 Å². The third-order valence-electron chi connectivity index (χ3n) is 2.47. The van der Waals surface area contributed by atoms with E-state index in [1.165, 1.54) is 0 Å². The molecule has 0 saturated carbocycles. The molecule has 0 bridgehead atoms. The minimum atomic E-state index is -4.99. The van der Waals surface area contributed by atoms with Crippen LogP contribution in [-0.2, 0) is 15.0 Å². The summed E-state index contributed by atoms with van der Waals surface area (Å²) >= 11 is 4.18. The van der Waals surface area contributed by atoms with Gasteiger partial charge in [-0.25, -0.2) is 4.79 Å². The smallest absolute Gasteiger partial charge is 0.349 e. The molecule has 8 heteroatoms. The van der Waals surface area contributed by atoms with Crippen molar-refractivity contribution in [2.45, 2.75) is 4.90 Å². The number of hydrogen-bond acceptors (Lipinski definition) is 5. The monoisotopic (exact) mass is 378 g/mol. The number of carbonyl (C=O) groups excluding carboxylic acids is 1. The predicted molar refractivity (Wildman–Crippen MR) is 77.1 cm³/mol. The van der Waals surface area contributed by atoms with Gasteiger partial charge in [0.15, 0.2) is 0 Å². The molecule has 0 spiro atoms. The number of rotatable bonds is 3. The molecule has 0 aliphatic rings. The van der Waals surface area contributed by atoms with E-state index in [2.05, 4.69) is 20.7 Å². The summed E-state index contributed by atoms with van der Waals surface area (Å²) in [5.74, 6) is -0.885. The standard InChI is InChI=1S/C12H8BrFO4S2/c1-18-12(15)11-10(20(14,16)17)6-9(19-11)7-4-2-3-5-8(7)13/h2-6H,1H3. The van der Waals surface area contributed by atoms with Crippen LogP contribution in [-0.4, -0.2) is 21.5 Å². The lowest BCUT2D eigenvalue weighted by atomic mass is 10.2. The minimum Gasteiger partial charge on any atom is -0.465 e. The van der Waals surface area contributed by atoms with E-state index in [4.69, 9.17) is 0 Å². The van der Waals surface area contributed by atoms with Crippen molar-refractivity contribution in [1.29, 1.82) is 0 Å². The van der Waals surface area contributed by atoms with Crippen molar-refractivity contribution in [3.63, 3.8) is 0 Å². The molecule has 0 radical (unpaired) electrons. The third-order valence-corrected chi connectivity index (χ3v) is 5.29. The van der Waals surface area contributed by atoms with Crippen LogP contribution in [0.15, 0.2) is 39.7 Å². The van der Waals surface area contributed by atoms with Crippen LogP contribution >= 0.6 is 27.3 Å². The Balaban J connectivity index is 2.67. The molecule has 20 heavy (non-hydrogen) atoms. The fourth-order valence-electron chi connectivity index (χ4n) is 1.58. The number of carbonyl (C=O) groups is 1. The lowest BCUT2D eigenvalue weighted by molar-refractivity contribution is 0.0602. The summed E-state index contributed by atoms with van der Waals surface area (Å²) in [5.41, 5.74) is 0.664. The number of halogens is 2. The molecule has 1 aromatic heterocycles. The summed E-state index contributed by atoms with van der Waals surface area (Å²) in [6.45, 7) is 0. The van der Waals surface area contributed by atoms with Gasteiger partial charge in [-0.15, -0.1) is 15.2 Å². The van der Waals surface area contributed by atoms with Gasteiger partial charge in [-0.2, -0.15) is 8.42 Å². The highest BCUT2D eigenvalue weighted by Gasteiger charge is 2.27. The summed E-state index contributed by atoms with van der Waals surface area (Å²) in [5, 5.41) is 0. The highest BCUT2D eigenvalue weighted by Crippen LogP contribution is 2.38. The van der Waals surface area contributed by atoms with Crippen molar-refractivity contribution < 1.29 is 21.8 Å². The molecule has 0 fully saturated rings. The zero-order valence-electron chi connectivity index (χ0n) is 10.1. The average Bonchev–Trinajstić information content (AvgIpc) is 2.83. The molecule has 0 saturated heterocycles. The van der Waals surface area contributed by atoms with Gasteiger partial charge >= 0.3 is 16.2 Å². The molecule has 0 aliphatic carbocycles. The highest BCUT2D eigenvalue weighted by atomic mass is 79.9. The van der Waals surface area contributed by atoms with Crippen LogP contribution in [0.3, 0.4) is 0 Å². The number of esters is 1. The molecule has 1 aromatic carbocycles. The van der Waals surface area contributed by atoms with Gasteiger partial charge < -0.3 is 4.74 Å².